The summed E-state index contributed by atoms with van der Waals surface area (Å²) in [5.41, 5.74) is 3.55. The van der Waals surface area contributed by atoms with Gasteiger partial charge in [-0.2, -0.15) is 0 Å². The lowest BCUT2D eigenvalue weighted by molar-refractivity contribution is -0.140. The van der Waals surface area contributed by atoms with Crippen LogP contribution in [-0.4, -0.2) is 35.8 Å². The number of benzene rings is 2. The summed E-state index contributed by atoms with van der Waals surface area (Å²) in [4.78, 5) is 17.6. The number of halogens is 1. The molecule has 1 aromatic heterocycles. The number of hydrogen-bond acceptors (Lipinski definition) is 5. The summed E-state index contributed by atoms with van der Waals surface area (Å²) in [5.74, 6) is -0.153. The van der Waals surface area contributed by atoms with Crippen molar-refractivity contribution in [2.24, 2.45) is 0 Å². The van der Waals surface area contributed by atoms with Gasteiger partial charge in [0.15, 0.2) is 0 Å². The molecule has 7 heteroatoms. The molecule has 0 fully saturated rings. The average molecular weight is 381 g/mol. The second-order valence-electron chi connectivity index (χ2n) is 6.54. The van der Waals surface area contributed by atoms with Crippen LogP contribution in [0.25, 0.3) is 11.0 Å². The smallest absolute Gasteiger partial charge is 0.338 e. The zero-order chi connectivity index (χ0) is 19.7. The topological polar surface area (TPSA) is 65.4 Å². The Morgan fingerprint density at radius 2 is 1.93 bits per heavy atom. The Morgan fingerprint density at radius 3 is 2.68 bits per heavy atom. The number of aromatic nitrogens is 2. The second-order valence-corrected chi connectivity index (χ2v) is 6.54. The van der Waals surface area contributed by atoms with Gasteiger partial charge in [-0.3, -0.25) is 4.57 Å². The van der Waals surface area contributed by atoms with Gasteiger partial charge in [0.25, 0.3) is 0 Å². The number of imidazole rings is 1. The highest BCUT2D eigenvalue weighted by molar-refractivity contribution is 5.94. The van der Waals surface area contributed by atoms with Crippen molar-refractivity contribution in [2.75, 3.05) is 25.6 Å². The van der Waals surface area contributed by atoms with Gasteiger partial charge in [-0.15, -0.1) is 0 Å². The normalized spacial score (nSPS) is 16.0. The van der Waals surface area contributed by atoms with Crippen molar-refractivity contribution in [2.45, 2.75) is 13.0 Å². The first kappa shape index (κ1) is 18.2. The van der Waals surface area contributed by atoms with Crippen molar-refractivity contribution in [3.63, 3.8) is 0 Å². The molecule has 0 amide bonds. The van der Waals surface area contributed by atoms with Crippen molar-refractivity contribution < 1.29 is 18.7 Å². The van der Waals surface area contributed by atoms with Crippen LogP contribution in [0.1, 0.15) is 18.5 Å². The van der Waals surface area contributed by atoms with Crippen LogP contribution in [0.3, 0.4) is 0 Å². The Bertz CT molecular complexity index is 1060. The van der Waals surface area contributed by atoms with Crippen LogP contribution < -0.4 is 5.32 Å². The molecule has 1 aliphatic rings. The maximum Gasteiger partial charge on any atom is 0.338 e. The van der Waals surface area contributed by atoms with E-state index in [1.54, 1.807) is 19.2 Å². The van der Waals surface area contributed by atoms with E-state index in [2.05, 4.69) is 10.3 Å². The number of esters is 1. The molecular formula is C21H20FN3O3. The van der Waals surface area contributed by atoms with E-state index < -0.39 is 12.0 Å². The van der Waals surface area contributed by atoms with Gasteiger partial charge in [0.05, 0.1) is 29.3 Å². The van der Waals surface area contributed by atoms with Gasteiger partial charge >= 0.3 is 5.97 Å². The van der Waals surface area contributed by atoms with Crippen LogP contribution in [0.15, 0.2) is 59.8 Å². The first-order valence-electron chi connectivity index (χ1n) is 8.96. The molecule has 28 heavy (non-hydrogen) atoms. The zero-order valence-corrected chi connectivity index (χ0v) is 15.6. The van der Waals surface area contributed by atoms with Crippen molar-refractivity contribution in [1.82, 2.24) is 9.55 Å². The molecule has 2 aromatic carbocycles. The third-order valence-electron chi connectivity index (χ3n) is 4.76. The number of rotatable bonds is 5. The zero-order valence-electron chi connectivity index (χ0n) is 15.6. The lowest BCUT2D eigenvalue weighted by atomic mass is 9.95. The van der Waals surface area contributed by atoms with Crippen LogP contribution in [0, 0.1) is 5.82 Å². The molecule has 3 aromatic rings. The maximum absolute atomic E-state index is 13.5. The summed E-state index contributed by atoms with van der Waals surface area (Å²) in [6.07, 6.45) is 0. The van der Waals surface area contributed by atoms with Gasteiger partial charge in [-0.05, 0) is 36.8 Å². The van der Waals surface area contributed by atoms with Crippen LogP contribution in [-0.2, 0) is 14.3 Å². The highest BCUT2D eigenvalue weighted by atomic mass is 19.1. The summed E-state index contributed by atoms with van der Waals surface area (Å²) in [5, 5.41) is 3.21. The Hall–Kier alpha value is -3.19. The van der Waals surface area contributed by atoms with Crippen molar-refractivity contribution in [3.8, 4) is 0 Å². The lowest BCUT2D eigenvalue weighted by Crippen LogP contribution is -2.29. The Morgan fingerprint density at radius 1 is 1.18 bits per heavy atom. The Balaban J connectivity index is 1.86. The minimum absolute atomic E-state index is 0.153. The fourth-order valence-corrected chi connectivity index (χ4v) is 3.48. The molecule has 6 nitrogen and oxygen atoms in total. The number of para-hydroxylation sites is 2. The van der Waals surface area contributed by atoms with E-state index in [1.807, 2.05) is 35.8 Å². The van der Waals surface area contributed by atoms with Crippen molar-refractivity contribution >= 4 is 23.0 Å². The predicted molar refractivity (Wildman–Crippen MR) is 103 cm³/mol. The van der Waals surface area contributed by atoms with Crippen LogP contribution in [0.5, 0.6) is 0 Å². The largest absolute Gasteiger partial charge is 0.460 e. The Kier molecular flexibility index (Phi) is 4.83. The van der Waals surface area contributed by atoms with E-state index in [1.165, 1.54) is 12.1 Å². The van der Waals surface area contributed by atoms with Crippen molar-refractivity contribution in [1.29, 1.82) is 0 Å². The van der Waals surface area contributed by atoms with Crippen LogP contribution >= 0.6 is 0 Å². The maximum atomic E-state index is 13.5. The molecule has 0 radical (unpaired) electrons. The number of nitrogens with zero attached hydrogens (tertiary/aromatic N) is 2. The molecule has 0 spiro atoms. The van der Waals surface area contributed by atoms with Gasteiger partial charge in [0.2, 0.25) is 5.95 Å². The van der Waals surface area contributed by atoms with E-state index in [4.69, 9.17) is 9.47 Å². The van der Waals surface area contributed by atoms with Gasteiger partial charge in [0, 0.05) is 12.8 Å². The molecule has 0 unspecified atom stereocenters. The van der Waals surface area contributed by atoms with Gasteiger partial charge in [-0.25, -0.2) is 14.2 Å². The summed E-state index contributed by atoms with van der Waals surface area (Å²) in [6, 6.07) is 13.3. The highest BCUT2D eigenvalue weighted by Crippen LogP contribution is 2.39. The molecule has 0 saturated heterocycles. The number of ether oxygens (including phenoxy) is 2. The van der Waals surface area contributed by atoms with E-state index in [-0.39, 0.29) is 12.4 Å². The quantitative estimate of drug-likeness (QED) is 0.540. The van der Waals surface area contributed by atoms with E-state index >= 15 is 0 Å². The summed E-state index contributed by atoms with van der Waals surface area (Å²) < 4.78 is 25.8. The summed E-state index contributed by atoms with van der Waals surface area (Å²) in [6.45, 7) is 2.28. The molecule has 1 atom stereocenters. The number of hydrogen-bond donors (Lipinski definition) is 1. The van der Waals surface area contributed by atoms with Gasteiger partial charge < -0.3 is 14.8 Å². The van der Waals surface area contributed by atoms with E-state index in [0.29, 0.717) is 23.8 Å². The van der Waals surface area contributed by atoms with Gasteiger partial charge in [0.1, 0.15) is 12.4 Å². The molecular weight excluding hydrogens is 361 g/mol. The molecule has 4 rings (SSSR count). The number of nitrogens with one attached hydrogen (secondary N) is 1. The average Bonchev–Trinajstić information content (AvgIpc) is 3.05. The molecule has 1 N–H and O–H groups in total. The summed E-state index contributed by atoms with van der Waals surface area (Å²) in [7, 11) is 1.55. The molecule has 0 saturated carbocycles. The third-order valence-corrected chi connectivity index (χ3v) is 4.76. The summed E-state index contributed by atoms with van der Waals surface area (Å²) >= 11 is 0. The number of fused-ring (bicyclic) bond motifs is 3. The highest BCUT2D eigenvalue weighted by Gasteiger charge is 2.34. The third kappa shape index (κ3) is 3.14. The molecule has 0 aliphatic carbocycles. The van der Waals surface area contributed by atoms with Crippen LogP contribution in [0.4, 0.5) is 10.3 Å². The monoisotopic (exact) mass is 381 g/mol. The fraction of sp³-hybridized carbons (Fsp3) is 0.238. The van der Waals surface area contributed by atoms with E-state index in [0.717, 1.165) is 16.6 Å². The first-order chi connectivity index (χ1) is 13.6. The minimum Gasteiger partial charge on any atom is -0.460 e. The minimum atomic E-state index is -0.487. The molecule has 144 valence electrons. The molecule has 1 aliphatic heterocycles. The van der Waals surface area contributed by atoms with E-state index in [9.17, 15) is 9.18 Å². The number of anilines is 1. The first-order valence-corrected chi connectivity index (χ1v) is 8.96. The number of methoxy groups -OCH3 is 1. The number of carbonyl (C=O) groups is 1. The molecule has 0 bridgehead atoms. The number of allylic oxidation sites excluding steroid dienone is 1. The Labute approximate surface area is 161 Å². The van der Waals surface area contributed by atoms with Crippen molar-refractivity contribution in [3.05, 3.63) is 71.2 Å². The SMILES string of the molecule is COCCOC(=O)C1=C(C)Nc2nc3ccccc3n2[C@@H]1c1ccc(F)cc1. The fourth-order valence-electron chi connectivity index (χ4n) is 3.48. The van der Waals surface area contributed by atoms with Gasteiger partial charge in [-0.1, -0.05) is 24.3 Å². The number of carbonyl (C=O) groups excluding carboxylic acids is 1. The molecule has 2 heterocycles. The second kappa shape index (κ2) is 7.44. The predicted octanol–water partition coefficient (Wildman–Crippen LogP) is 3.65. The standard InChI is InChI=1S/C21H20FN3O3/c1-13-18(20(26)28-12-11-27-2)19(14-7-9-15(22)10-8-14)25-17-6-4-3-5-16(17)24-21(25)23-13/h3-10,19H,11-12H2,1-2H3,(H,23,24)/t19-/m1/s1. The lowest BCUT2D eigenvalue weighted by Gasteiger charge is -2.30. The van der Waals surface area contributed by atoms with Crippen LogP contribution in [0.2, 0.25) is 0 Å².